The minimum atomic E-state index is -0.887. The van der Waals surface area contributed by atoms with Crippen molar-refractivity contribution in [3.05, 3.63) is 60.8 Å². The second-order valence-corrected chi connectivity index (χ2v) is 13.2. The van der Waals surface area contributed by atoms with E-state index in [2.05, 4.69) is 62.5 Å². The third-order valence-corrected chi connectivity index (χ3v) is 7.74. The van der Waals surface area contributed by atoms with Crippen LogP contribution in [-0.4, -0.2) is 80.6 Å². The molecule has 1 N–H and O–H groups in total. The SMILES string of the molecule is CC/C=C/C=C/C=C/CCCCCCCC(=O)OC(COCCC(C(=O)O)[N+](C)(C)C)COC(=O)CCCCC/C=C/C=C/CCCC. The number of unbranched alkanes of at least 4 members (excludes halogenated alkanes) is 10. The fourth-order valence-corrected chi connectivity index (χ4v) is 4.83. The standard InChI is InChI=1S/C40H67NO7/c1-6-8-10-12-14-16-18-19-21-23-25-27-29-31-39(43)48-36(34-46-33-32-37(40(44)45)41(3,4)5)35-47-38(42)30-28-26-24-22-20-17-15-13-11-9-7-2/h8,10,12-18,20,36-37H,6-7,9,11,19,21-35H2,1-5H3/p+1/b10-8+,14-12+,15-13+,18-16+,20-17+. The van der Waals surface area contributed by atoms with Crippen molar-refractivity contribution in [3.8, 4) is 0 Å². The van der Waals surface area contributed by atoms with Gasteiger partial charge in [0.25, 0.3) is 0 Å². The van der Waals surface area contributed by atoms with Gasteiger partial charge >= 0.3 is 17.9 Å². The average molecular weight is 675 g/mol. The van der Waals surface area contributed by atoms with E-state index >= 15 is 0 Å². The van der Waals surface area contributed by atoms with Gasteiger partial charge in [0.05, 0.1) is 34.4 Å². The summed E-state index contributed by atoms with van der Waals surface area (Å²) in [6.07, 6.45) is 35.5. The van der Waals surface area contributed by atoms with Gasteiger partial charge in [0, 0.05) is 19.3 Å². The number of likely N-dealkylation sites (N-methyl/N-ethyl adjacent to an activating group) is 1. The number of aliphatic carboxylic acids is 1. The molecule has 0 radical (unpaired) electrons. The third-order valence-electron chi connectivity index (χ3n) is 7.74. The van der Waals surface area contributed by atoms with Gasteiger partial charge in [0.15, 0.2) is 12.1 Å². The fourth-order valence-electron chi connectivity index (χ4n) is 4.83. The maximum atomic E-state index is 12.6. The first-order valence-corrected chi connectivity index (χ1v) is 18.4. The Kier molecular flexibility index (Phi) is 29.4. The van der Waals surface area contributed by atoms with Gasteiger partial charge in [-0.15, -0.1) is 0 Å². The number of carbonyl (C=O) groups is 3. The summed E-state index contributed by atoms with van der Waals surface area (Å²) in [5.41, 5.74) is 0. The van der Waals surface area contributed by atoms with Crippen LogP contribution in [0.5, 0.6) is 0 Å². The molecule has 0 saturated carbocycles. The molecule has 8 nitrogen and oxygen atoms in total. The number of ether oxygens (including phenoxy) is 3. The second kappa shape index (κ2) is 31.3. The van der Waals surface area contributed by atoms with Gasteiger partial charge in [-0.1, -0.05) is 113 Å². The van der Waals surface area contributed by atoms with Crippen LogP contribution in [0, 0.1) is 0 Å². The first-order valence-electron chi connectivity index (χ1n) is 18.4. The summed E-state index contributed by atoms with van der Waals surface area (Å²) in [6, 6.07) is -0.623. The molecule has 0 rings (SSSR count). The highest BCUT2D eigenvalue weighted by molar-refractivity contribution is 5.72. The quantitative estimate of drug-likeness (QED) is 0.0339. The van der Waals surface area contributed by atoms with Crippen molar-refractivity contribution in [1.29, 1.82) is 0 Å². The third kappa shape index (κ3) is 29.2. The zero-order chi connectivity index (χ0) is 35.7. The number of hydrogen-bond donors (Lipinski definition) is 1. The van der Waals surface area contributed by atoms with E-state index in [0.29, 0.717) is 19.3 Å². The molecular weight excluding hydrogens is 606 g/mol. The number of carboxylic acids is 1. The molecule has 0 aromatic rings. The molecule has 0 saturated heterocycles. The van der Waals surface area contributed by atoms with Crippen molar-refractivity contribution >= 4 is 17.9 Å². The van der Waals surface area contributed by atoms with Crippen LogP contribution in [0.2, 0.25) is 0 Å². The molecule has 0 aliphatic rings. The molecule has 0 aliphatic heterocycles. The summed E-state index contributed by atoms with van der Waals surface area (Å²) in [7, 11) is 5.49. The van der Waals surface area contributed by atoms with Crippen molar-refractivity contribution in [2.24, 2.45) is 0 Å². The van der Waals surface area contributed by atoms with Crippen molar-refractivity contribution in [3.63, 3.8) is 0 Å². The minimum absolute atomic E-state index is 0.0410. The zero-order valence-electron chi connectivity index (χ0n) is 30.9. The lowest BCUT2D eigenvalue weighted by atomic mass is 10.1. The largest absolute Gasteiger partial charge is 0.477 e. The second-order valence-electron chi connectivity index (χ2n) is 13.2. The highest BCUT2D eigenvalue weighted by atomic mass is 16.6. The van der Waals surface area contributed by atoms with E-state index < -0.39 is 18.1 Å². The molecule has 0 heterocycles. The Bertz CT molecular complexity index is 975. The van der Waals surface area contributed by atoms with E-state index in [1.807, 2.05) is 33.3 Å². The van der Waals surface area contributed by atoms with Gasteiger partial charge in [-0.05, 0) is 51.4 Å². The molecule has 2 atom stereocenters. The normalized spacial score (nSPS) is 13.8. The molecule has 8 heteroatoms. The number of rotatable bonds is 31. The predicted molar refractivity (Wildman–Crippen MR) is 197 cm³/mol. The van der Waals surface area contributed by atoms with Crippen LogP contribution in [0.25, 0.3) is 0 Å². The molecule has 0 fully saturated rings. The Morgan fingerprint density at radius 2 is 1.17 bits per heavy atom. The van der Waals surface area contributed by atoms with Crippen molar-refractivity contribution < 1.29 is 38.2 Å². The minimum Gasteiger partial charge on any atom is -0.477 e. The molecule has 0 aromatic carbocycles. The van der Waals surface area contributed by atoms with E-state index in [9.17, 15) is 19.5 Å². The van der Waals surface area contributed by atoms with Gasteiger partial charge in [0.2, 0.25) is 0 Å². The Balaban J connectivity index is 4.54. The monoisotopic (exact) mass is 674 g/mol. The Hall–Kier alpha value is -2.97. The lowest BCUT2D eigenvalue weighted by molar-refractivity contribution is -0.887. The van der Waals surface area contributed by atoms with Gasteiger partial charge < -0.3 is 23.8 Å². The Morgan fingerprint density at radius 1 is 0.646 bits per heavy atom. The number of hydrogen-bond acceptors (Lipinski definition) is 6. The molecule has 0 aromatic heterocycles. The number of carboxylic acid groups (broad SMARTS) is 1. The predicted octanol–water partition coefficient (Wildman–Crippen LogP) is 9.07. The number of esters is 2. The number of nitrogens with zero attached hydrogens (tertiary/aromatic N) is 1. The maximum Gasteiger partial charge on any atom is 0.362 e. The average Bonchev–Trinajstić information content (AvgIpc) is 3.03. The maximum absolute atomic E-state index is 12.6. The van der Waals surface area contributed by atoms with Gasteiger partial charge in [0.1, 0.15) is 6.61 Å². The van der Waals surface area contributed by atoms with Gasteiger partial charge in [-0.2, -0.15) is 0 Å². The van der Waals surface area contributed by atoms with E-state index in [1.165, 1.54) is 12.8 Å². The van der Waals surface area contributed by atoms with E-state index in [4.69, 9.17) is 14.2 Å². The first-order chi connectivity index (χ1) is 23.1. The van der Waals surface area contributed by atoms with Crippen LogP contribution in [0.15, 0.2) is 60.8 Å². The summed E-state index contributed by atoms with van der Waals surface area (Å²) >= 11 is 0. The van der Waals surface area contributed by atoms with Crippen molar-refractivity contribution in [1.82, 2.24) is 0 Å². The molecule has 0 amide bonds. The highest BCUT2D eigenvalue weighted by Crippen LogP contribution is 2.12. The van der Waals surface area contributed by atoms with Crippen molar-refractivity contribution in [2.45, 2.75) is 135 Å². The summed E-state index contributed by atoms with van der Waals surface area (Å²) < 4.78 is 17.1. The summed E-state index contributed by atoms with van der Waals surface area (Å²) in [5, 5.41) is 9.57. The molecule has 0 bridgehead atoms. The summed E-state index contributed by atoms with van der Waals surface area (Å²) in [5.74, 6) is -1.54. The lowest BCUT2D eigenvalue weighted by Gasteiger charge is -2.31. The molecular formula is C40H68NO7+. The fraction of sp³-hybridized carbons (Fsp3) is 0.675. The van der Waals surface area contributed by atoms with Crippen LogP contribution in [0.1, 0.15) is 123 Å². The van der Waals surface area contributed by atoms with Crippen LogP contribution in [0.3, 0.4) is 0 Å². The van der Waals surface area contributed by atoms with Crippen LogP contribution < -0.4 is 0 Å². The lowest BCUT2D eigenvalue weighted by Crippen LogP contribution is -2.50. The Labute approximate surface area is 292 Å². The van der Waals surface area contributed by atoms with Gasteiger partial charge in [-0.25, -0.2) is 4.79 Å². The van der Waals surface area contributed by atoms with Crippen LogP contribution in [-0.2, 0) is 28.6 Å². The molecule has 0 aliphatic carbocycles. The van der Waals surface area contributed by atoms with Gasteiger partial charge in [-0.3, -0.25) is 9.59 Å². The topological polar surface area (TPSA) is 99.1 Å². The smallest absolute Gasteiger partial charge is 0.362 e. The summed E-state index contributed by atoms with van der Waals surface area (Å²) in [4.78, 5) is 36.7. The molecule has 48 heavy (non-hydrogen) atoms. The molecule has 274 valence electrons. The highest BCUT2D eigenvalue weighted by Gasteiger charge is 2.31. The number of carbonyl (C=O) groups excluding carboxylic acids is 2. The molecule has 2 unspecified atom stereocenters. The van der Waals surface area contributed by atoms with Crippen LogP contribution in [0.4, 0.5) is 0 Å². The number of allylic oxidation sites excluding steroid dienone is 10. The van der Waals surface area contributed by atoms with E-state index in [-0.39, 0.29) is 36.2 Å². The Morgan fingerprint density at radius 3 is 1.75 bits per heavy atom. The zero-order valence-corrected chi connectivity index (χ0v) is 30.9. The van der Waals surface area contributed by atoms with Crippen molar-refractivity contribution in [2.75, 3.05) is 41.0 Å². The van der Waals surface area contributed by atoms with Crippen LogP contribution >= 0.6 is 0 Å². The number of quaternary nitrogens is 1. The van der Waals surface area contributed by atoms with E-state index in [1.54, 1.807) is 0 Å². The molecule has 0 spiro atoms. The van der Waals surface area contributed by atoms with E-state index in [0.717, 1.165) is 77.0 Å². The first kappa shape index (κ1) is 45.0. The summed E-state index contributed by atoms with van der Waals surface area (Å²) in [6.45, 7) is 4.46.